The summed E-state index contributed by atoms with van der Waals surface area (Å²) in [7, 11) is 4.91. The molecular formula is C20H36O3. The van der Waals surface area contributed by atoms with Crippen molar-refractivity contribution in [3.8, 4) is 0 Å². The SMILES string of the molecule is COC(CCCCCCCCCC12C=CC(CC1)C2)(OC)OC. The second-order valence-electron chi connectivity index (χ2n) is 7.49. The Labute approximate surface area is 142 Å². The van der Waals surface area contributed by atoms with Crippen LogP contribution < -0.4 is 0 Å². The maximum atomic E-state index is 5.32. The highest BCUT2D eigenvalue weighted by Gasteiger charge is 2.39. The maximum Gasteiger partial charge on any atom is 0.282 e. The van der Waals surface area contributed by atoms with Crippen LogP contribution in [0, 0.1) is 11.3 Å². The summed E-state index contributed by atoms with van der Waals surface area (Å²) in [6.07, 6.45) is 20.8. The summed E-state index contributed by atoms with van der Waals surface area (Å²) in [5.41, 5.74) is 0.619. The van der Waals surface area contributed by atoms with E-state index >= 15 is 0 Å². The van der Waals surface area contributed by atoms with E-state index in [0.29, 0.717) is 5.41 Å². The Hall–Kier alpha value is -0.380. The fourth-order valence-electron chi connectivity index (χ4n) is 4.42. The largest absolute Gasteiger partial charge is 0.331 e. The Kier molecular flexibility index (Phi) is 7.58. The van der Waals surface area contributed by atoms with Crippen molar-refractivity contribution in [2.24, 2.45) is 11.3 Å². The molecule has 0 spiro atoms. The minimum absolute atomic E-state index is 0.619. The highest BCUT2D eigenvalue weighted by Crippen LogP contribution is 2.52. The zero-order valence-corrected chi connectivity index (χ0v) is 15.4. The van der Waals surface area contributed by atoms with E-state index in [2.05, 4.69) is 12.2 Å². The summed E-state index contributed by atoms with van der Waals surface area (Å²) < 4.78 is 16.0. The topological polar surface area (TPSA) is 27.7 Å². The number of unbranched alkanes of at least 4 members (excludes halogenated alkanes) is 6. The van der Waals surface area contributed by atoms with Crippen molar-refractivity contribution < 1.29 is 14.2 Å². The molecule has 2 unspecified atom stereocenters. The summed E-state index contributed by atoms with van der Waals surface area (Å²) in [6.45, 7) is 0. The Balaban J connectivity index is 1.43. The minimum atomic E-state index is -0.840. The molecule has 23 heavy (non-hydrogen) atoms. The normalized spacial score (nSPS) is 26.3. The first-order valence-corrected chi connectivity index (χ1v) is 9.52. The molecule has 0 aromatic rings. The van der Waals surface area contributed by atoms with Crippen molar-refractivity contribution in [2.45, 2.75) is 83.0 Å². The second kappa shape index (κ2) is 9.19. The Morgan fingerprint density at radius 2 is 1.52 bits per heavy atom. The first-order chi connectivity index (χ1) is 11.2. The van der Waals surface area contributed by atoms with Crippen molar-refractivity contribution in [2.75, 3.05) is 21.3 Å². The first kappa shape index (κ1) is 19.0. The Morgan fingerprint density at radius 1 is 0.913 bits per heavy atom. The van der Waals surface area contributed by atoms with Crippen LogP contribution in [0.25, 0.3) is 0 Å². The molecule has 2 rings (SSSR count). The van der Waals surface area contributed by atoms with Crippen LogP contribution in [-0.4, -0.2) is 27.3 Å². The highest BCUT2D eigenvalue weighted by atomic mass is 16.9. The van der Waals surface area contributed by atoms with Gasteiger partial charge in [0.2, 0.25) is 0 Å². The van der Waals surface area contributed by atoms with Crippen LogP contribution in [0.4, 0.5) is 0 Å². The molecule has 2 atom stereocenters. The molecule has 0 aromatic carbocycles. The fraction of sp³-hybridized carbons (Fsp3) is 0.900. The molecule has 3 heteroatoms. The van der Waals surface area contributed by atoms with Crippen LogP contribution in [0.5, 0.6) is 0 Å². The average Bonchev–Trinajstić information content (AvgIpc) is 3.18. The number of rotatable bonds is 13. The van der Waals surface area contributed by atoms with Crippen molar-refractivity contribution >= 4 is 0 Å². The van der Waals surface area contributed by atoms with Crippen LogP contribution in [0.3, 0.4) is 0 Å². The fourth-order valence-corrected chi connectivity index (χ4v) is 4.42. The van der Waals surface area contributed by atoms with E-state index in [4.69, 9.17) is 14.2 Å². The van der Waals surface area contributed by atoms with Gasteiger partial charge in [-0.05, 0) is 43.4 Å². The molecule has 0 N–H and O–H groups in total. The number of methoxy groups -OCH3 is 3. The van der Waals surface area contributed by atoms with Gasteiger partial charge in [-0.3, -0.25) is 0 Å². The molecule has 0 saturated heterocycles. The van der Waals surface area contributed by atoms with E-state index in [0.717, 1.165) is 18.8 Å². The average molecular weight is 325 g/mol. The zero-order chi connectivity index (χ0) is 16.6. The molecule has 2 aliphatic rings. The van der Waals surface area contributed by atoms with Gasteiger partial charge in [0.25, 0.3) is 5.97 Å². The van der Waals surface area contributed by atoms with Gasteiger partial charge in [0.1, 0.15) is 0 Å². The van der Waals surface area contributed by atoms with Crippen molar-refractivity contribution in [3.05, 3.63) is 12.2 Å². The number of fused-ring (bicyclic) bond motifs is 2. The lowest BCUT2D eigenvalue weighted by molar-refractivity contribution is -0.355. The van der Waals surface area contributed by atoms with Crippen molar-refractivity contribution in [3.63, 3.8) is 0 Å². The molecule has 134 valence electrons. The number of ether oxygens (including phenoxy) is 3. The maximum absolute atomic E-state index is 5.32. The van der Waals surface area contributed by atoms with Crippen molar-refractivity contribution in [1.82, 2.24) is 0 Å². The van der Waals surface area contributed by atoms with Gasteiger partial charge < -0.3 is 14.2 Å². The van der Waals surface area contributed by atoms with Crippen LogP contribution in [0.2, 0.25) is 0 Å². The van der Waals surface area contributed by atoms with Gasteiger partial charge >= 0.3 is 0 Å². The smallest absolute Gasteiger partial charge is 0.282 e. The lowest BCUT2D eigenvalue weighted by Gasteiger charge is -2.28. The number of hydrogen-bond acceptors (Lipinski definition) is 3. The van der Waals surface area contributed by atoms with Crippen LogP contribution >= 0.6 is 0 Å². The van der Waals surface area contributed by atoms with Gasteiger partial charge in [-0.1, -0.05) is 50.7 Å². The summed E-state index contributed by atoms with van der Waals surface area (Å²) >= 11 is 0. The molecular weight excluding hydrogens is 288 g/mol. The molecule has 0 aromatic heterocycles. The molecule has 2 bridgehead atoms. The van der Waals surface area contributed by atoms with E-state index in [1.54, 1.807) is 21.3 Å². The van der Waals surface area contributed by atoms with Crippen molar-refractivity contribution in [1.29, 1.82) is 0 Å². The molecule has 3 nitrogen and oxygen atoms in total. The third kappa shape index (κ3) is 5.30. The third-order valence-corrected chi connectivity index (χ3v) is 5.99. The molecule has 0 amide bonds. The van der Waals surface area contributed by atoms with Crippen LogP contribution in [-0.2, 0) is 14.2 Å². The molecule has 1 fully saturated rings. The predicted octanol–water partition coefficient (Wildman–Crippen LogP) is 5.45. The first-order valence-electron chi connectivity index (χ1n) is 9.52. The lowest BCUT2D eigenvalue weighted by atomic mass is 9.82. The molecule has 0 heterocycles. The summed E-state index contributed by atoms with van der Waals surface area (Å²) in [4.78, 5) is 0. The minimum Gasteiger partial charge on any atom is -0.331 e. The van der Waals surface area contributed by atoms with Crippen LogP contribution in [0.1, 0.15) is 77.0 Å². The van der Waals surface area contributed by atoms with Gasteiger partial charge in [0.15, 0.2) is 0 Å². The van der Waals surface area contributed by atoms with Gasteiger partial charge in [-0.25, -0.2) is 0 Å². The number of allylic oxidation sites excluding steroid dienone is 2. The van der Waals surface area contributed by atoms with E-state index in [-0.39, 0.29) is 0 Å². The molecule has 0 aliphatic heterocycles. The summed E-state index contributed by atoms with van der Waals surface area (Å²) in [5, 5.41) is 0. The highest BCUT2D eigenvalue weighted by molar-refractivity contribution is 5.15. The van der Waals surface area contributed by atoms with E-state index < -0.39 is 5.97 Å². The summed E-state index contributed by atoms with van der Waals surface area (Å²) in [6, 6.07) is 0. The molecule has 2 aliphatic carbocycles. The third-order valence-electron chi connectivity index (χ3n) is 5.99. The van der Waals surface area contributed by atoms with Gasteiger partial charge in [0, 0.05) is 27.8 Å². The predicted molar refractivity (Wildman–Crippen MR) is 94.2 cm³/mol. The van der Waals surface area contributed by atoms with E-state index in [1.165, 1.54) is 64.2 Å². The van der Waals surface area contributed by atoms with Crippen LogP contribution in [0.15, 0.2) is 12.2 Å². The summed E-state index contributed by atoms with van der Waals surface area (Å²) in [5.74, 6) is 0.0844. The van der Waals surface area contributed by atoms with Gasteiger partial charge in [-0.15, -0.1) is 0 Å². The standard InChI is InChI=1S/C20H36O3/c1-21-20(22-2,23-3)14-10-8-6-4-5-7-9-13-19-15-11-18(17-19)12-16-19/h11,15,18H,4-10,12-14,16-17H2,1-3H3. The monoisotopic (exact) mass is 324 g/mol. The molecule has 0 radical (unpaired) electrons. The quantitative estimate of drug-likeness (QED) is 0.256. The molecule has 1 saturated carbocycles. The van der Waals surface area contributed by atoms with E-state index in [9.17, 15) is 0 Å². The Morgan fingerprint density at radius 3 is 2.00 bits per heavy atom. The van der Waals surface area contributed by atoms with Gasteiger partial charge in [0.05, 0.1) is 0 Å². The lowest BCUT2D eigenvalue weighted by Crippen LogP contribution is -2.35. The number of hydrogen-bond donors (Lipinski definition) is 0. The Bertz CT molecular complexity index is 354. The van der Waals surface area contributed by atoms with Gasteiger partial charge in [-0.2, -0.15) is 0 Å². The van der Waals surface area contributed by atoms with E-state index in [1.807, 2.05) is 0 Å². The second-order valence-corrected chi connectivity index (χ2v) is 7.49. The zero-order valence-electron chi connectivity index (χ0n) is 15.4.